The van der Waals surface area contributed by atoms with Crippen LogP contribution in [0.2, 0.25) is 0 Å². The quantitative estimate of drug-likeness (QED) is 0.191. The van der Waals surface area contributed by atoms with Gasteiger partial charge in [0.1, 0.15) is 11.4 Å². The number of thioether (sulfide) groups is 1. The van der Waals surface area contributed by atoms with Crippen molar-refractivity contribution in [3.8, 4) is 0 Å². The molecule has 0 unspecified atom stereocenters. The van der Waals surface area contributed by atoms with Gasteiger partial charge >= 0.3 is 17.9 Å². The number of carbonyl (C=O) groups is 4. The summed E-state index contributed by atoms with van der Waals surface area (Å²) >= 11 is 0.866. The van der Waals surface area contributed by atoms with Gasteiger partial charge in [0.05, 0.1) is 18.4 Å². The van der Waals surface area contributed by atoms with Gasteiger partial charge in [0, 0.05) is 6.08 Å². The van der Waals surface area contributed by atoms with Crippen molar-refractivity contribution in [3.63, 3.8) is 0 Å². The first-order valence-corrected chi connectivity index (χ1v) is 10.7. The van der Waals surface area contributed by atoms with Crippen molar-refractivity contribution >= 4 is 45.4 Å². The smallest absolute Gasteiger partial charge is 0.331 e. The molecular formula is C14H15N5O9S2. The van der Waals surface area contributed by atoms with Gasteiger partial charge in [-0.2, -0.15) is 5.21 Å². The summed E-state index contributed by atoms with van der Waals surface area (Å²) in [5, 5.41) is 20.8. The fraction of sp³-hybridized carbons (Fsp3) is 0.500. The number of aromatic nitrogens is 4. The van der Waals surface area contributed by atoms with E-state index in [0.717, 1.165) is 25.8 Å². The second-order valence-corrected chi connectivity index (χ2v) is 9.84. The summed E-state index contributed by atoms with van der Waals surface area (Å²) in [6.07, 6.45) is 0.708. The van der Waals surface area contributed by atoms with Crippen molar-refractivity contribution in [2.24, 2.45) is 0 Å². The SMILES string of the molecule is COC(=O)/C=C1\C(=O)N2[C@@H](C(=O)O)[C@](C)(COC(=O)CSc3nn[nH]n3)S(=O)(=O)[C@H]12. The third-order valence-electron chi connectivity index (χ3n) is 4.67. The molecule has 162 valence electrons. The average molecular weight is 461 g/mol. The topological polar surface area (TPSA) is 199 Å². The molecule has 2 saturated heterocycles. The van der Waals surface area contributed by atoms with E-state index < -0.39 is 62.0 Å². The van der Waals surface area contributed by atoms with Gasteiger partial charge in [-0.25, -0.2) is 18.0 Å². The minimum Gasteiger partial charge on any atom is -0.480 e. The molecule has 3 rings (SSSR count). The molecule has 0 spiro atoms. The van der Waals surface area contributed by atoms with Crippen LogP contribution in [-0.4, -0.2) is 98.5 Å². The number of aliphatic carboxylic acids is 1. The molecule has 1 aromatic rings. The number of methoxy groups -OCH3 is 1. The number of nitrogens with one attached hydrogen (secondary N) is 1. The number of ether oxygens (including phenoxy) is 2. The van der Waals surface area contributed by atoms with Crippen LogP contribution in [0.3, 0.4) is 0 Å². The fourth-order valence-corrected chi connectivity index (χ4v) is 5.99. The summed E-state index contributed by atoms with van der Waals surface area (Å²) < 4.78 is 33.4. The standard InChI is InChI=1S/C14H15N5O9S2/c1-14(5-28-8(21)4-29-13-15-17-18-16-13)9(12(23)24)19-10(22)6(3-7(20)27-2)11(19)30(14,25)26/h3,9,11H,4-5H2,1-2H3,(H,23,24)(H,15,16,17,18)/b6-3+/t9-,11+,14-/m0/s1. The lowest BCUT2D eigenvalue weighted by molar-refractivity contribution is -0.155. The maximum atomic E-state index is 13.1. The van der Waals surface area contributed by atoms with Crippen molar-refractivity contribution in [3.05, 3.63) is 11.6 Å². The van der Waals surface area contributed by atoms with E-state index >= 15 is 0 Å². The third-order valence-corrected chi connectivity index (χ3v) is 8.19. The third kappa shape index (κ3) is 3.30. The van der Waals surface area contributed by atoms with E-state index in [1.54, 1.807) is 0 Å². The monoisotopic (exact) mass is 461 g/mol. The number of amides is 1. The Morgan fingerprint density at radius 2 is 2.10 bits per heavy atom. The number of nitrogens with zero attached hydrogens (tertiary/aromatic N) is 4. The largest absolute Gasteiger partial charge is 0.480 e. The van der Waals surface area contributed by atoms with E-state index in [-0.39, 0.29) is 10.9 Å². The molecule has 30 heavy (non-hydrogen) atoms. The number of tetrazole rings is 1. The summed E-state index contributed by atoms with van der Waals surface area (Å²) in [5.41, 5.74) is -0.407. The predicted octanol–water partition coefficient (Wildman–Crippen LogP) is -2.26. The first-order chi connectivity index (χ1) is 14.0. The lowest BCUT2D eigenvalue weighted by Gasteiger charge is -2.37. The molecule has 1 aromatic heterocycles. The molecule has 0 aromatic carbocycles. The Morgan fingerprint density at radius 1 is 1.40 bits per heavy atom. The van der Waals surface area contributed by atoms with Crippen molar-refractivity contribution in [2.45, 2.75) is 28.2 Å². The highest BCUT2D eigenvalue weighted by molar-refractivity contribution is 7.99. The van der Waals surface area contributed by atoms with Crippen LogP contribution in [0, 0.1) is 0 Å². The number of rotatable bonds is 7. The molecule has 3 heterocycles. The predicted molar refractivity (Wildman–Crippen MR) is 95.3 cm³/mol. The molecule has 2 N–H and O–H groups in total. The van der Waals surface area contributed by atoms with Crippen LogP contribution in [0.5, 0.6) is 0 Å². The van der Waals surface area contributed by atoms with Gasteiger partial charge in [0.25, 0.3) is 5.91 Å². The van der Waals surface area contributed by atoms with Gasteiger partial charge in [0.2, 0.25) is 5.16 Å². The number of β-lactam (4-membered cyclic amide) rings is 1. The van der Waals surface area contributed by atoms with Crippen molar-refractivity contribution in [1.29, 1.82) is 0 Å². The highest BCUT2D eigenvalue weighted by atomic mass is 32.2. The van der Waals surface area contributed by atoms with Gasteiger partial charge in [-0.3, -0.25) is 9.59 Å². The summed E-state index contributed by atoms with van der Waals surface area (Å²) in [6.45, 7) is 0.256. The zero-order chi connectivity index (χ0) is 22.3. The molecule has 1 amide bonds. The molecule has 14 nitrogen and oxygen atoms in total. The average Bonchev–Trinajstić information content (AvgIpc) is 3.26. The second-order valence-electron chi connectivity index (χ2n) is 6.43. The first kappa shape index (κ1) is 21.7. The molecule has 2 aliphatic rings. The summed E-state index contributed by atoms with van der Waals surface area (Å²) in [6, 6.07) is -1.81. The molecular weight excluding hydrogens is 446 g/mol. The molecule has 2 aliphatic heterocycles. The van der Waals surface area contributed by atoms with Crippen LogP contribution < -0.4 is 0 Å². The summed E-state index contributed by atoms with van der Waals surface area (Å²) in [7, 11) is -3.35. The molecule has 0 saturated carbocycles. The number of hydrogen-bond acceptors (Lipinski definition) is 12. The number of carboxylic acids is 1. The van der Waals surface area contributed by atoms with Crippen LogP contribution >= 0.6 is 11.8 Å². The van der Waals surface area contributed by atoms with E-state index in [4.69, 9.17) is 4.74 Å². The second kappa shape index (κ2) is 7.67. The molecule has 16 heteroatoms. The number of carboxylic acid groups (broad SMARTS) is 1. The van der Waals surface area contributed by atoms with Crippen LogP contribution in [0.25, 0.3) is 0 Å². The van der Waals surface area contributed by atoms with E-state index in [0.29, 0.717) is 11.0 Å². The first-order valence-electron chi connectivity index (χ1n) is 8.15. The zero-order valence-electron chi connectivity index (χ0n) is 15.5. The van der Waals surface area contributed by atoms with E-state index in [2.05, 4.69) is 25.4 Å². The number of sulfone groups is 1. The Balaban J connectivity index is 1.82. The van der Waals surface area contributed by atoms with E-state index in [1.165, 1.54) is 0 Å². The highest BCUT2D eigenvalue weighted by Gasteiger charge is 2.72. The molecule has 0 radical (unpaired) electrons. The number of fused-ring (bicyclic) bond motifs is 1. The Kier molecular flexibility index (Phi) is 5.55. The molecule has 3 atom stereocenters. The van der Waals surface area contributed by atoms with Gasteiger partial charge in [-0.05, 0) is 12.1 Å². The number of carbonyl (C=O) groups excluding carboxylic acids is 3. The molecule has 0 aliphatic carbocycles. The van der Waals surface area contributed by atoms with Gasteiger partial charge < -0.3 is 19.5 Å². The number of esters is 2. The van der Waals surface area contributed by atoms with Crippen molar-refractivity contribution < 1.29 is 42.2 Å². The van der Waals surface area contributed by atoms with Crippen LogP contribution in [-0.2, 0) is 38.5 Å². The molecule has 0 bridgehead atoms. The maximum absolute atomic E-state index is 13.1. The minimum atomic E-state index is -4.39. The Morgan fingerprint density at radius 3 is 2.67 bits per heavy atom. The van der Waals surface area contributed by atoms with E-state index in [1.807, 2.05) is 0 Å². The Bertz CT molecular complexity index is 1040. The van der Waals surface area contributed by atoms with Crippen LogP contribution in [0.1, 0.15) is 6.92 Å². The fourth-order valence-electron chi connectivity index (χ4n) is 3.18. The zero-order valence-corrected chi connectivity index (χ0v) is 17.1. The van der Waals surface area contributed by atoms with Gasteiger partial charge in [0.15, 0.2) is 21.3 Å². The lowest BCUT2D eigenvalue weighted by Crippen LogP contribution is -2.59. The normalized spacial score (nSPS) is 28.0. The van der Waals surface area contributed by atoms with Crippen molar-refractivity contribution in [2.75, 3.05) is 19.5 Å². The maximum Gasteiger partial charge on any atom is 0.331 e. The summed E-state index contributed by atoms with van der Waals surface area (Å²) in [4.78, 5) is 48.2. The lowest BCUT2D eigenvalue weighted by atomic mass is 9.94. The summed E-state index contributed by atoms with van der Waals surface area (Å²) in [5.74, 6) is -4.61. The Hall–Kier alpha value is -3.01. The van der Waals surface area contributed by atoms with E-state index in [9.17, 15) is 32.7 Å². The Labute approximate surface area is 172 Å². The van der Waals surface area contributed by atoms with Gasteiger partial charge in [-0.1, -0.05) is 11.8 Å². The van der Waals surface area contributed by atoms with Gasteiger partial charge in [-0.15, -0.1) is 10.2 Å². The number of H-pyrrole nitrogens is 1. The molecule has 2 fully saturated rings. The van der Waals surface area contributed by atoms with Crippen LogP contribution in [0.4, 0.5) is 0 Å². The highest BCUT2D eigenvalue weighted by Crippen LogP contribution is 2.48. The minimum absolute atomic E-state index is 0.155. The number of hydrogen-bond donors (Lipinski definition) is 2. The number of aromatic amines is 1. The van der Waals surface area contributed by atoms with Crippen molar-refractivity contribution in [1.82, 2.24) is 25.5 Å². The van der Waals surface area contributed by atoms with Crippen LogP contribution in [0.15, 0.2) is 16.8 Å².